The Morgan fingerprint density at radius 2 is 2.16 bits per heavy atom. The van der Waals surface area contributed by atoms with Crippen molar-refractivity contribution < 1.29 is 28.7 Å². The molecule has 0 heterocycles. The molecule has 0 radical (unpaired) electrons. The molecule has 0 unspecified atom stereocenters. The summed E-state index contributed by atoms with van der Waals surface area (Å²) in [6.45, 7) is 0.490. The van der Waals surface area contributed by atoms with Gasteiger partial charge in [0.15, 0.2) is 5.75 Å². The van der Waals surface area contributed by atoms with E-state index in [0.29, 0.717) is 25.2 Å². The number of nitrogens with zero attached hydrogens (tertiary/aromatic N) is 1. The molecule has 1 rings (SSSR count). The van der Waals surface area contributed by atoms with Crippen molar-refractivity contribution >= 4 is 11.7 Å². The lowest BCUT2D eigenvalue weighted by Gasteiger charge is -2.07. The summed E-state index contributed by atoms with van der Waals surface area (Å²) >= 11 is 0. The summed E-state index contributed by atoms with van der Waals surface area (Å²) in [7, 11) is 1.49. The number of carboxylic acid groups (broad SMARTS) is 1. The number of carboxylic acids is 1. The summed E-state index contributed by atoms with van der Waals surface area (Å²) < 4.78 is 23.2. The highest BCUT2D eigenvalue weighted by atomic mass is 19.1. The fourth-order valence-electron chi connectivity index (χ4n) is 1.35. The number of aromatic carboxylic acids is 1. The number of nitro groups is 1. The molecule has 0 aliphatic carbocycles. The van der Waals surface area contributed by atoms with E-state index in [4.69, 9.17) is 14.6 Å². The van der Waals surface area contributed by atoms with Gasteiger partial charge in [-0.15, -0.1) is 0 Å². The monoisotopic (exact) mass is 273 g/mol. The van der Waals surface area contributed by atoms with Crippen molar-refractivity contribution in [3.63, 3.8) is 0 Å². The smallest absolute Gasteiger partial charge is 0.338 e. The predicted molar refractivity (Wildman–Crippen MR) is 62.0 cm³/mol. The molecule has 0 aromatic heterocycles. The number of halogens is 1. The third kappa shape index (κ3) is 3.88. The Morgan fingerprint density at radius 3 is 2.68 bits per heavy atom. The number of ether oxygens (including phenoxy) is 2. The average Bonchev–Trinajstić information content (AvgIpc) is 2.33. The second kappa shape index (κ2) is 6.64. The van der Waals surface area contributed by atoms with Crippen LogP contribution in [0.2, 0.25) is 0 Å². The molecule has 0 bridgehead atoms. The molecule has 1 aromatic rings. The summed E-state index contributed by atoms with van der Waals surface area (Å²) in [6.07, 6.45) is 0.468. The number of hydrogen-bond donors (Lipinski definition) is 1. The fourth-order valence-corrected chi connectivity index (χ4v) is 1.35. The third-order valence-electron chi connectivity index (χ3n) is 2.23. The molecule has 0 aliphatic heterocycles. The molecule has 104 valence electrons. The maximum absolute atomic E-state index is 13.4. The van der Waals surface area contributed by atoms with Crippen LogP contribution in [0.15, 0.2) is 12.1 Å². The minimum Gasteiger partial charge on any atom is -0.487 e. The van der Waals surface area contributed by atoms with Crippen LogP contribution in [0, 0.1) is 15.9 Å². The summed E-state index contributed by atoms with van der Waals surface area (Å²) in [4.78, 5) is 20.6. The Hall–Kier alpha value is -2.22. The van der Waals surface area contributed by atoms with Crippen LogP contribution in [0.5, 0.6) is 5.75 Å². The van der Waals surface area contributed by atoms with Gasteiger partial charge in [0.1, 0.15) is 11.4 Å². The Kier molecular flexibility index (Phi) is 5.19. The lowest BCUT2D eigenvalue weighted by atomic mass is 10.1. The van der Waals surface area contributed by atoms with Crippen LogP contribution >= 0.6 is 0 Å². The average molecular weight is 273 g/mol. The molecule has 19 heavy (non-hydrogen) atoms. The molecule has 1 N–H and O–H groups in total. The van der Waals surface area contributed by atoms with E-state index >= 15 is 0 Å². The summed E-state index contributed by atoms with van der Waals surface area (Å²) in [6, 6.07) is 1.34. The van der Waals surface area contributed by atoms with E-state index < -0.39 is 28.0 Å². The minimum atomic E-state index is -1.58. The van der Waals surface area contributed by atoms with Crippen LogP contribution in [0.25, 0.3) is 0 Å². The maximum Gasteiger partial charge on any atom is 0.338 e. The van der Waals surface area contributed by atoms with E-state index in [0.717, 1.165) is 0 Å². The van der Waals surface area contributed by atoms with E-state index in [1.54, 1.807) is 0 Å². The molecular weight excluding hydrogens is 261 g/mol. The highest BCUT2D eigenvalue weighted by Gasteiger charge is 2.22. The standard InChI is InChI=1S/C11H12FNO6/c1-18-3-2-4-19-10-6-8(12)7(11(14)15)5-9(10)13(16)17/h5-6H,2-4H2,1H3,(H,14,15). The number of methoxy groups -OCH3 is 1. The van der Waals surface area contributed by atoms with Crippen molar-refractivity contribution in [1.29, 1.82) is 0 Å². The second-order valence-corrected chi connectivity index (χ2v) is 3.56. The maximum atomic E-state index is 13.4. The van der Waals surface area contributed by atoms with Crippen molar-refractivity contribution in [2.75, 3.05) is 20.3 Å². The van der Waals surface area contributed by atoms with Gasteiger partial charge in [-0.05, 0) is 0 Å². The SMILES string of the molecule is COCCCOc1cc(F)c(C(=O)O)cc1[N+](=O)[O-]. The van der Waals surface area contributed by atoms with Gasteiger partial charge >= 0.3 is 11.7 Å². The first-order chi connectivity index (χ1) is 8.97. The van der Waals surface area contributed by atoms with Gasteiger partial charge in [0.2, 0.25) is 0 Å². The van der Waals surface area contributed by atoms with E-state index in [2.05, 4.69) is 0 Å². The summed E-state index contributed by atoms with van der Waals surface area (Å²) in [5.74, 6) is -2.96. The van der Waals surface area contributed by atoms with Crippen LogP contribution in [0.4, 0.5) is 10.1 Å². The first kappa shape index (κ1) is 14.8. The van der Waals surface area contributed by atoms with Gasteiger partial charge in [0.25, 0.3) is 0 Å². The van der Waals surface area contributed by atoms with Crippen molar-refractivity contribution in [3.05, 3.63) is 33.6 Å². The molecule has 0 atom stereocenters. The predicted octanol–water partition coefficient (Wildman–Crippen LogP) is 1.85. The van der Waals surface area contributed by atoms with Crippen molar-refractivity contribution in [3.8, 4) is 5.75 Å². The number of nitro benzene ring substituents is 1. The van der Waals surface area contributed by atoms with Crippen LogP contribution < -0.4 is 4.74 Å². The van der Waals surface area contributed by atoms with Crippen molar-refractivity contribution in [1.82, 2.24) is 0 Å². The Labute approximate surface area is 107 Å². The Balaban J connectivity index is 2.99. The van der Waals surface area contributed by atoms with E-state index in [1.165, 1.54) is 7.11 Å². The van der Waals surface area contributed by atoms with Gasteiger partial charge in [0, 0.05) is 32.3 Å². The van der Waals surface area contributed by atoms with Crippen LogP contribution in [0.3, 0.4) is 0 Å². The zero-order chi connectivity index (χ0) is 14.4. The number of hydrogen-bond acceptors (Lipinski definition) is 5. The van der Waals surface area contributed by atoms with Crippen LogP contribution in [-0.2, 0) is 4.74 Å². The second-order valence-electron chi connectivity index (χ2n) is 3.56. The molecule has 0 saturated carbocycles. The third-order valence-corrected chi connectivity index (χ3v) is 2.23. The van der Waals surface area contributed by atoms with Crippen molar-refractivity contribution in [2.45, 2.75) is 6.42 Å². The van der Waals surface area contributed by atoms with Gasteiger partial charge in [-0.2, -0.15) is 0 Å². The van der Waals surface area contributed by atoms with Gasteiger partial charge in [-0.1, -0.05) is 0 Å². The lowest BCUT2D eigenvalue weighted by Crippen LogP contribution is -2.07. The zero-order valence-corrected chi connectivity index (χ0v) is 10.1. The Bertz CT molecular complexity index is 490. The molecule has 1 aromatic carbocycles. The van der Waals surface area contributed by atoms with E-state index in [-0.39, 0.29) is 12.4 Å². The normalized spacial score (nSPS) is 10.2. The van der Waals surface area contributed by atoms with Crippen LogP contribution in [0.1, 0.15) is 16.8 Å². The van der Waals surface area contributed by atoms with Crippen molar-refractivity contribution in [2.24, 2.45) is 0 Å². The number of carbonyl (C=O) groups is 1. The lowest BCUT2D eigenvalue weighted by molar-refractivity contribution is -0.386. The van der Waals surface area contributed by atoms with E-state index in [9.17, 15) is 19.3 Å². The molecule has 7 nitrogen and oxygen atoms in total. The zero-order valence-electron chi connectivity index (χ0n) is 10.1. The fraction of sp³-hybridized carbons (Fsp3) is 0.364. The molecule has 8 heteroatoms. The molecule has 0 spiro atoms. The van der Waals surface area contributed by atoms with Gasteiger partial charge < -0.3 is 14.6 Å². The highest BCUT2D eigenvalue weighted by molar-refractivity contribution is 5.89. The Morgan fingerprint density at radius 1 is 1.47 bits per heavy atom. The number of benzene rings is 1. The quantitative estimate of drug-likeness (QED) is 0.462. The highest BCUT2D eigenvalue weighted by Crippen LogP contribution is 2.30. The molecule has 0 amide bonds. The topological polar surface area (TPSA) is 98.9 Å². The van der Waals surface area contributed by atoms with Gasteiger partial charge in [-0.25, -0.2) is 9.18 Å². The first-order valence-corrected chi connectivity index (χ1v) is 5.30. The molecule has 0 aliphatic rings. The summed E-state index contributed by atoms with van der Waals surface area (Å²) in [5.41, 5.74) is -1.35. The van der Waals surface area contributed by atoms with Gasteiger partial charge in [-0.3, -0.25) is 10.1 Å². The largest absolute Gasteiger partial charge is 0.487 e. The molecular formula is C11H12FNO6. The van der Waals surface area contributed by atoms with Gasteiger partial charge in [0.05, 0.1) is 11.5 Å². The molecule has 0 saturated heterocycles. The number of rotatable bonds is 7. The minimum absolute atomic E-state index is 0.0978. The van der Waals surface area contributed by atoms with Crippen LogP contribution in [-0.4, -0.2) is 36.3 Å². The van der Waals surface area contributed by atoms with E-state index in [1.807, 2.05) is 0 Å². The molecule has 0 fully saturated rings. The first-order valence-electron chi connectivity index (χ1n) is 5.30. The summed E-state index contributed by atoms with van der Waals surface area (Å²) in [5, 5.41) is 19.5.